The Hall–Kier alpha value is -2.37. The third kappa shape index (κ3) is 1.68. The first-order valence-electron chi connectivity index (χ1n) is 6.39. The van der Waals surface area contributed by atoms with Crippen molar-refractivity contribution in [3.63, 3.8) is 0 Å². The molecule has 0 saturated carbocycles. The Morgan fingerprint density at radius 3 is 2.75 bits per heavy atom. The van der Waals surface area contributed by atoms with Gasteiger partial charge in [0.25, 0.3) is 5.91 Å². The van der Waals surface area contributed by atoms with Gasteiger partial charge in [0.15, 0.2) is 0 Å². The predicted molar refractivity (Wildman–Crippen MR) is 73.0 cm³/mol. The number of anilines is 1. The molecule has 0 bridgehead atoms. The molecule has 1 aromatic carbocycles. The number of carbonyl (C=O) groups excluding carboxylic acids is 2. The zero-order valence-electron chi connectivity index (χ0n) is 11.0. The van der Waals surface area contributed by atoms with E-state index in [9.17, 15) is 14.0 Å². The lowest BCUT2D eigenvalue weighted by Crippen LogP contribution is -2.27. The van der Waals surface area contributed by atoms with Gasteiger partial charge in [-0.25, -0.2) is 4.39 Å². The molecule has 0 radical (unpaired) electrons. The van der Waals surface area contributed by atoms with Crippen LogP contribution >= 0.6 is 0 Å². The first kappa shape index (κ1) is 12.7. The number of aromatic nitrogens is 1. The molecule has 1 aliphatic heterocycles. The normalized spacial score (nSPS) is 15.3. The Bertz CT molecular complexity index is 736. The topological polar surface area (TPSA) is 68.3 Å². The van der Waals surface area contributed by atoms with Gasteiger partial charge in [0.05, 0.1) is 11.2 Å². The van der Waals surface area contributed by atoms with Gasteiger partial charge in [-0.1, -0.05) is 0 Å². The molecule has 0 aliphatic carbocycles. The second-order valence-electron chi connectivity index (χ2n) is 4.93. The number of hydrogen-bond acceptors (Lipinski definition) is 2. The second kappa shape index (κ2) is 4.33. The number of fused-ring (bicyclic) bond motifs is 1. The Labute approximate surface area is 114 Å². The van der Waals surface area contributed by atoms with Crippen molar-refractivity contribution in [1.82, 2.24) is 4.57 Å². The van der Waals surface area contributed by atoms with E-state index in [1.54, 1.807) is 17.7 Å². The van der Waals surface area contributed by atoms with Crippen molar-refractivity contribution in [3.8, 4) is 0 Å². The van der Waals surface area contributed by atoms with Crippen molar-refractivity contribution < 1.29 is 14.0 Å². The van der Waals surface area contributed by atoms with E-state index in [-0.39, 0.29) is 11.6 Å². The van der Waals surface area contributed by atoms with Gasteiger partial charge in [-0.3, -0.25) is 9.59 Å². The van der Waals surface area contributed by atoms with Crippen molar-refractivity contribution >= 4 is 28.4 Å². The Kier molecular flexibility index (Phi) is 2.74. The Balaban J connectivity index is 2.37. The quantitative estimate of drug-likeness (QED) is 0.903. The van der Waals surface area contributed by atoms with E-state index in [4.69, 9.17) is 5.73 Å². The van der Waals surface area contributed by atoms with Crippen LogP contribution in [0.4, 0.5) is 10.1 Å². The van der Waals surface area contributed by atoms with Gasteiger partial charge >= 0.3 is 0 Å². The van der Waals surface area contributed by atoms with Crippen LogP contribution in [0.3, 0.4) is 0 Å². The van der Waals surface area contributed by atoms with Gasteiger partial charge in [-0.2, -0.15) is 0 Å². The van der Waals surface area contributed by atoms with Crippen LogP contribution in [0.5, 0.6) is 0 Å². The minimum atomic E-state index is -0.626. The van der Waals surface area contributed by atoms with Gasteiger partial charge in [-0.15, -0.1) is 0 Å². The maximum Gasteiger partial charge on any atom is 0.267 e. The molecule has 0 unspecified atom stereocenters. The summed E-state index contributed by atoms with van der Waals surface area (Å²) in [5, 5.41) is 0.538. The number of primary amides is 1. The highest BCUT2D eigenvalue weighted by atomic mass is 19.1. The maximum absolute atomic E-state index is 13.5. The van der Waals surface area contributed by atoms with Gasteiger partial charge in [0.1, 0.15) is 11.5 Å². The molecule has 3 rings (SSSR count). The molecule has 2 heterocycles. The van der Waals surface area contributed by atoms with Gasteiger partial charge in [-0.05, 0) is 24.6 Å². The summed E-state index contributed by atoms with van der Waals surface area (Å²) in [5.74, 6) is -1.10. The maximum atomic E-state index is 13.5. The number of halogens is 1. The lowest BCUT2D eigenvalue weighted by Gasteiger charge is -2.16. The lowest BCUT2D eigenvalue weighted by atomic mass is 10.2. The molecule has 20 heavy (non-hydrogen) atoms. The molecule has 1 saturated heterocycles. The van der Waals surface area contributed by atoms with Crippen LogP contribution in [0.1, 0.15) is 23.3 Å². The highest BCUT2D eigenvalue weighted by Crippen LogP contribution is 2.36. The van der Waals surface area contributed by atoms with E-state index in [1.807, 2.05) is 0 Å². The van der Waals surface area contributed by atoms with Crippen LogP contribution in [-0.4, -0.2) is 22.9 Å². The van der Waals surface area contributed by atoms with E-state index < -0.39 is 11.7 Å². The minimum Gasteiger partial charge on any atom is -0.364 e. The molecule has 1 fully saturated rings. The molecule has 104 valence electrons. The standard InChI is InChI=1S/C14H14FN3O2/c1-17-10-5-4-8(15)7-9(10)12(13(17)14(16)20)18-6-2-3-11(18)19/h4-5,7H,2-3,6H2,1H3,(H2,16,20). The van der Waals surface area contributed by atoms with Crippen molar-refractivity contribution in [1.29, 1.82) is 0 Å². The van der Waals surface area contributed by atoms with Crippen LogP contribution in [0.15, 0.2) is 18.2 Å². The van der Waals surface area contributed by atoms with Crippen LogP contribution < -0.4 is 10.6 Å². The van der Waals surface area contributed by atoms with Crippen LogP contribution in [0.25, 0.3) is 10.9 Å². The molecular formula is C14H14FN3O2. The summed E-state index contributed by atoms with van der Waals surface area (Å²) < 4.78 is 15.1. The monoisotopic (exact) mass is 275 g/mol. The number of aryl methyl sites for hydroxylation is 1. The second-order valence-corrected chi connectivity index (χ2v) is 4.93. The van der Waals surface area contributed by atoms with Gasteiger partial charge in [0.2, 0.25) is 5.91 Å². The fourth-order valence-electron chi connectivity index (χ4n) is 2.84. The lowest BCUT2D eigenvalue weighted by molar-refractivity contribution is -0.117. The third-order valence-electron chi connectivity index (χ3n) is 3.71. The van der Waals surface area contributed by atoms with Crippen molar-refractivity contribution in [3.05, 3.63) is 29.7 Å². The van der Waals surface area contributed by atoms with E-state index in [1.165, 1.54) is 17.0 Å². The number of nitrogens with two attached hydrogens (primary N) is 1. The fourth-order valence-corrected chi connectivity index (χ4v) is 2.84. The number of benzene rings is 1. The molecule has 0 atom stereocenters. The summed E-state index contributed by atoms with van der Waals surface area (Å²) in [6.07, 6.45) is 1.16. The number of amides is 2. The molecule has 0 spiro atoms. The van der Waals surface area contributed by atoms with E-state index in [0.29, 0.717) is 29.6 Å². The smallest absolute Gasteiger partial charge is 0.267 e. The predicted octanol–water partition coefficient (Wildman–Crippen LogP) is 1.54. The van der Waals surface area contributed by atoms with E-state index >= 15 is 0 Å². The first-order valence-corrected chi connectivity index (χ1v) is 6.39. The van der Waals surface area contributed by atoms with Gasteiger partial charge < -0.3 is 15.2 Å². The number of nitrogens with zero attached hydrogens (tertiary/aromatic N) is 2. The fraction of sp³-hybridized carbons (Fsp3) is 0.286. The summed E-state index contributed by atoms with van der Waals surface area (Å²) >= 11 is 0. The summed E-state index contributed by atoms with van der Waals surface area (Å²) in [4.78, 5) is 25.2. The average Bonchev–Trinajstić information content (AvgIpc) is 2.91. The zero-order chi connectivity index (χ0) is 14.4. The molecule has 1 aromatic heterocycles. The first-order chi connectivity index (χ1) is 9.50. The number of carbonyl (C=O) groups is 2. The van der Waals surface area contributed by atoms with E-state index in [0.717, 1.165) is 6.42 Å². The largest absolute Gasteiger partial charge is 0.364 e. The van der Waals surface area contributed by atoms with Crippen molar-refractivity contribution in [2.75, 3.05) is 11.4 Å². The Morgan fingerprint density at radius 2 is 2.15 bits per heavy atom. The van der Waals surface area contributed by atoms with Crippen molar-refractivity contribution in [2.24, 2.45) is 12.8 Å². The average molecular weight is 275 g/mol. The number of hydrogen-bond donors (Lipinski definition) is 1. The van der Waals surface area contributed by atoms with Crippen molar-refractivity contribution in [2.45, 2.75) is 12.8 Å². The molecule has 5 nitrogen and oxygen atoms in total. The number of rotatable bonds is 2. The molecular weight excluding hydrogens is 261 g/mol. The van der Waals surface area contributed by atoms with Crippen LogP contribution in [-0.2, 0) is 11.8 Å². The summed E-state index contributed by atoms with van der Waals surface area (Å²) in [5.41, 5.74) is 6.78. The molecule has 6 heteroatoms. The molecule has 2 aromatic rings. The molecule has 2 N–H and O–H groups in total. The third-order valence-corrected chi connectivity index (χ3v) is 3.71. The van der Waals surface area contributed by atoms with E-state index in [2.05, 4.69) is 0 Å². The summed E-state index contributed by atoms with van der Waals surface area (Å²) in [6.45, 7) is 0.523. The van der Waals surface area contributed by atoms with Crippen LogP contribution in [0.2, 0.25) is 0 Å². The highest BCUT2D eigenvalue weighted by Gasteiger charge is 2.30. The van der Waals surface area contributed by atoms with Crippen LogP contribution in [0, 0.1) is 5.82 Å². The van der Waals surface area contributed by atoms with Gasteiger partial charge in [0, 0.05) is 25.4 Å². The molecule has 2 amide bonds. The molecule has 1 aliphatic rings. The Morgan fingerprint density at radius 1 is 1.40 bits per heavy atom. The highest BCUT2D eigenvalue weighted by molar-refractivity contribution is 6.13. The SMILES string of the molecule is Cn1c(C(N)=O)c(N2CCCC2=O)c2cc(F)ccc21. The summed E-state index contributed by atoms with van der Waals surface area (Å²) in [6, 6.07) is 4.24. The minimum absolute atomic E-state index is 0.0655. The summed E-state index contributed by atoms with van der Waals surface area (Å²) in [7, 11) is 1.68. The zero-order valence-corrected chi connectivity index (χ0v) is 11.0.